The molecule has 0 bridgehead atoms. The maximum atomic E-state index is 12.3. The molecule has 0 heterocycles. The molecule has 5 heteroatoms. The first-order valence-corrected chi connectivity index (χ1v) is 10.1. The largest absolute Gasteiger partial charge is 0.456 e. The highest BCUT2D eigenvalue weighted by Gasteiger charge is 2.15. The Hall–Kier alpha value is -2.95. The summed E-state index contributed by atoms with van der Waals surface area (Å²) < 4.78 is 4.99. The number of hydrogen-bond donors (Lipinski definition) is 1. The van der Waals surface area contributed by atoms with Crippen LogP contribution in [0.25, 0.3) is 0 Å². The minimum Gasteiger partial charge on any atom is -0.456 e. The monoisotopic (exact) mass is 393 g/mol. The Labute approximate surface area is 171 Å². The van der Waals surface area contributed by atoms with Crippen LogP contribution in [0.4, 0.5) is 0 Å². The normalized spacial score (nSPS) is 12.3. The van der Waals surface area contributed by atoms with Gasteiger partial charge in [-0.3, -0.25) is 14.4 Å². The first kappa shape index (κ1) is 20.8. The zero-order chi connectivity index (χ0) is 20.6. The number of carbonyl (C=O) groups excluding carboxylic acids is 3. The van der Waals surface area contributed by atoms with E-state index in [1.165, 1.54) is 22.3 Å². The average molecular weight is 393 g/mol. The van der Waals surface area contributed by atoms with Crippen molar-refractivity contribution in [2.24, 2.45) is 0 Å². The minimum atomic E-state index is -0.534. The molecule has 0 saturated heterocycles. The minimum absolute atomic E-state index is 0.0214. The SMILES string of the molecule is Cc1ccccc1CCNC(=O)COC(=O)CCC(=O)c1ccc2c(c1)CCC2. The number of esters is 1. The van der Waals surface area contributed by atoms with Gasteiger partial charge in [0.25, 0.3) is 5.91 Å². The fourth-order valence-corrected chi connectivity index (χ4v) is 3.60. The highest BCUT2D eigenvalue weighted by molar-refractivity contribution is 5.98. The van der Waals surface area contributed by atoms with Gasteiger partial charge in [0.15, 0.2) is 12.4 Å². The number of carbonyl (C=O) groups is 3. The smallest absolute Gasteiger partial charge is 0.306 e. The Balaban J connectivity index is 1.33. The van der Waals surface area contributed by atoms with Crippen molar-refractivity contribution in [3.8, 4) is 0 Å². The summed E-state index contributed by atoms with van der Waals surface area (Å²) in [7, 11) is 0. The molecule has 5 nitrogen and oxygen atoms in total. The van der Waals surface area contributed by atoms with Gasteiger partial charge < -0.3 is 10.1 Å². The number of ketones is 1. The van der Waals surface area contributed by atoms with Crippen molar-refractivity contribution in [3.63, 3.8) is 0 Å². The number of amides is 1. The standard InChI is InChI=1S/C24H27NO4/c1-17-5-2-3-6-18(17)13-14-25-23(27)16-29-24(28)12-11-22(26)21-10-9-19-7-4-8-20(19)15-21/h2-3,5-6,9-10,15H,4,7-8,11-14,16H2,1H3,(H,25,27). The molecular weight excluding hydrogens is 366 g/mol. The highest BCUT2D eigenvalue weighted by Crippen LogP contribution is 2.23. The molecule has 0 unspecified atom stereocenters. The van der Waals surface area contributed by atoms with E-state index in [4.69, 9.17) is 4.74 Å². The van der Waals surface area contributed by atoms with Gasteiger partial charge in [0.05, 0.1) is 6.42 Å². The fourth-order valence-electron chi connectivity index (χ4n) is 3.60. The van der Waals surface area contributed by atoms with Crippen LogP contribution >= 0.6 is 0 Å². The summed E-state index contributed by atoms with van der Waals surface area (Å²) in [5, 5.41) is 2.75. The van der Waals surface area contributed by atoms with E-state index in [0.717, 1.165) is 25.7 Å². The predicted molar refractivity (Wildman–Crippen MR) is 111 cm³/mol. The summed E-state index contributed by atoms with van der Waals surface area (Å²) in [5.74, 6) is -0.940. The molecule has 0 saturated carbocycles. The Morgan fingerprint density at radius 3 is 2.62 bits per heavy atom. The molecule has 0 radical (unpaired) electrons. The second-order valence-electron chi connectivity index (χ2n) is 7.45. The van der Waals surface area contributed by atoms with Crippen LogP contribution in [-0.4, -0.2) is 30.8 Å². The number of benzene rings is 2. The van der Waals surface area contributed by atoms with Crippen LogP contribution < -0.4 is 5.32 Å². The lowest BCUT2D eigenvalue weighted by Gasteiger charge is -2.08. The molecule has 1 aliphatic rings. The first-order chi connectivity index (χ1) is 14.0. The number of ether oxygens (including phenoxy) is 1. The Kier molecular flexibility index (Phi) is 7.17. The summed E-state index contributed by atoms with van der Waals surface area (Å²) in [6, 6.07) is 13.8. The second kappa shape index (κ2) is 10.0. The van der Waals surface area contributed by atoms with Crippen LogP contribution in [0.1, 0.15) is 51.9 Å². The van der Waals surface area contributed by atoms with Crippen LogP contribution in [0.2, 0.25) is 0 Å². The van der Waals surface area contributed by atoms with Gasteiger partial charge in [0.1, 0.15) is 0 Å². The number of Topliss-reactive ketones (excluding diaryl/α,β-unsaturated/α-hetero) is 1. The van der Waals surface area contributed by atoms with Crippen molar-refractivity contribution in [1.82, 2.24) is 5.32 Å². The number of aryl methyl sites for hydroxylation is 3. The quantitative estimate of drug-likeness (QED) is 0.524. The molecule has 0 aliphatic heterocycles. The van der Waals surface area contributed by atoms with E-state index >= 15 is 0 Å². The second-order valence-corrected chi connectivity index (χ2v) is 7.45. The van der Waals surface area contributed by atoms with Crippen molar-refractivity contribution in [2.45, 2.75) is 45.4 Å². The van der Waals surface area contributed by atoms with Crippen LogP contribution in [0, 0.1) is 6.92 Å². The maximum absolute atomic E-state index is 12.3. The lowest BCUT2D eigenvalue weighted by Crippen LogP contribution is -2.30. The van der Waals surface area contributed by atoms with Gasteiger partial charge in [-0.2, -0.15) is 0 Å². The summed E-state index contributed by atoms with van der Waals surface area (Å²) in [6.07, 6.45) is 4.01. The third-order valence-corrected chi connectivity index (χ3v) is 5.32. The topological polar surface area (TPSA) is 72.5 Å². The Morgan fingerprint density at radius 2 is 1.79 bits per heavy atom. The summed E-state index contributed by atoms with van der Waals surface area (Å²) in [4.78, 5) is 36.0. The molecule has 152 valence electrons. The first-order valence-electron chi connectivity index (χ1n) is 10.1. The fraction of sp³-hybridized carbons (Fsp3) is 0.375. The van der Waals surface area contributed by atoms with Crippen molar-refractivity contribution < 1.29 is 19.1 Å². The van der Waals surface area contributed by atoms with Gasteiger partial charge in [-0.1, -0.05) is 36.4 Å². The molecule has 2 aromatic carbocycles. The van der Waals surface area contributed by atoms with Crippen molar-refractivity contribution in [3.05, 3.63) is 70.3 Å². The predicted octanol–water partition coefficient (Wildman–Crippen LogP) is 3.35. The van der Waals surface area contributed by atoms with E-state index in [1.807, 2.05) is 49.4 Å². The number of rotatable bonds is 9. The van der Waals surface area contributed by atoms with E-state index < -0.39 is 5.97 Å². The van der Waals surface area contributed by atoms with Gasteiger partial charge >= 0.3 is 5.97 Å². The van der Waals surface area contributed by atoms with E-state index in [-0.39, 0.29) is 31.1 Å². The molecule has 1 aliphatic carbocycles. The van der Waals surface area contributed by atoms with Crippen molar-refractivity contribution in [2.75, 3.05) is 13.2 Å². The lowest BCUT2D eigenvalue weighted by molar-refractivity contribution is -0.148. The van der Waals surface area contributed by atoms with Gasteiger partial charge in [-0.05, 0) is 60.9 Å². The molecule has 2 aromatic rings. The third kappa shape index (κ3) is 6.01. The van der Waals surface area contributed by atoms with Crippen molar-refractivity contribution in [1.29, 1.82) is 0 Å². The van der Waals surface area contributed by atoms with Crippen LogP contribution in [0.5, 0.6) is 0 Å². The highest BCUT2D eigenvalue weighted by atomic mass is 16.5. The van der Waals surface area contributed by atoms with Gasteiger partial charge in [-0.25, -0.2) is 0 Å². The van der Waals surface area contributed by atoms with Gasteiger partial charge in [0, 0.05) is 18.5 Å². The average Bonchev–Trinajstić information content (AvgIpc) is 3.19. The van der Waals surface area contributed by atoms with Crippen LogP contribution in [0.3, 0.4) is 0 Å². The molecular formula is C24H27NO4. The third-order valence-electron chi connectivity index (χ3n) is 5.32. The molecule has 0 atom stereocenters. The van der Waals surface area contributed by atoms with Crippen LogP contribution in [0.15, 0.2) is 42.5 Å². The summed E-state index contributed by atoms with van der Waals surface area (Å²) in [6.45, 7) is 2.20. The van der Waals surface area contributed by atoms with Crippen molar-refractivity contribution >= 4 is 17.7 Å². The van der Waals surface area contributed by atoms with E-state index in [0.29, 0.717) is 12.1 Å². The number of nitrogens with one attached hydrogen (secondary N) is 1. The van der Waals surface area contributed by atoms with E-state index in [2.05, 4.69) is 5.32 Å². The number of fused-ring (bicyclic) bond motifs is 1. The molecule has 0 spiro atoms. The van der Waals surface area contributed by atoms with E-state index in [9.17, 15) is 14.4 Å². The lowest BCUT2D eigenvalue weighted by atomic mass is 10.0. The van der Waals surface area contributed by atoms with E-state index in [1.54, 1.807) is 0 Å². The molecule has 0 aromatic heterocycles. The zero-order valence-electron chi connectivity index (χ0n) is 16.8. The Morgan fingerprint density at radius 1 is 1.00 bits per heavy atom. The van der Waals surface area contributed by atoms with Crippen LogP contribution in [-0.2, 0) is 33.6 Å². The van der Waals surface area contributed by atoms with Gasteiger partial charge in [-0.15, -0.1) is 0 Å². The molecule has 3 rings (SSSR count). The number of hydrogen-bond acceptors (Lipinski definition) is 4. The molecule has 1 N–H and O–H groups in total. The molecule has 29 heavy (non-hydrogen) atoms. The summed E-state index contributed by atoms with van der Waals surface area (Å²) >= 11 is 0. The zero-order valence-corrected chi connectivity index (χ0v) is 16.8. The Bertz CT molecular complexity index is 904. The summed E-state index contributed by atoms with van der Waals surface area (Å²) in [5.41, 5.74) is 5.55. The molecule has 1 amide bonds. The maximum Gasteiger partial charge on any atom is 0.306 e. The van der Waals surface area contributed by atoms with Gasteiger partial charge in [0.2, 0.25) is 0 Å². The molecule has 0 fully saturated rings.